The Morgan fingerprint density at radius 2 is 1.95 bits per heavy atom. The molecule has 1 aliphatic rings. The van der Waals surface area contributed by atoms with E-state index in [2.05, 4.69) is 48.7 Å². The number of rotatable bonds is 5. The maximum atomic E-state index is 12.4. The van der Waals surface area contributed by atoms with Gasteiger partial charge < -0.3 is 10.6 Å². The number of amides is 1. The summed E-state index contributed by atoms with van der Waals surface area (Å²) in [4.78, 5) is 12.4. The molecule has 1 amide bonds. The van der Waals surface area contributed by atoms with E-state index in [9.17, 15) is 4.79 Å². The fourth-order valence-corrected chi connectivity index (χ4v) is 2.70. The quantitative estimate of drug-likeness (QED) is 0.866. The largest absolute Gasteiger partial charge is 0.353 e. The first-order valence-corrected chi connectivity index (χ1v) is 7.66. The molecule has 2 N–H and O–H groups in total. The molecule has 1 unspecified atom stereocenters. The van der Waals surface area contributed by atoms with Gasteiger partial charge in [-0.2, -0.15) is 0 Å². The molecular formula is C17H26N2O. The number of carbonyl (C=O) groups is 1. The molecule has 1 aliphatic heterocycles. The van der Waals surface area contributed by atoms with Gasteiger partial charge in [0.2, 0.25) is 5.91 Å². The second kappa shape index (κ2) is 6.89. The third kappa shape index (κ3) is 4.07. The zero-order valence-electron chi connectivity index (χ0n) is 12.6. The topological polar surface area (TPSA) is 41.1 Å². The summed E-state index contributed by atoms with van der Waals surface area (Å²) >= 11 is 0. The van der Waals surface area contributed by atoms with Crippen LogP contribution in [0.1, 0.15) is 38.7 Å². The van der Waals surface area contributed by atoms with Crippen molar-refractivity contribution in [3.63, 3.8) is 0 Å². The Morgan fingerprint density at radius 3 is 2.60 bits per heavy atom. The number of piperidine rings is 1. The van der Waals surface area contributed by atoms with Crippen LogP contribution in [-0.2, 0) is 11.2 Å². The minimum Gasteiger partial charge on any atom is -0.353 e. The second-order valence-corrected chi connectivity index (χ2v) is 6.21. The lowest BCUT2D eigenvalue weighted by molar-refractivity contribution is -0.132. The molecule has 1 aromatic carbocycles. The smallest absolute Gasteiger partial charge is 0.226 e. The van der Waals surface area contributed by atoms with E-state index in [0.29, 0.717) is 0 Å². The first-order valence-electron chi connectivity index (χ1n) is 7.66. The molecule has 20 heavy (non-hydrogen) atoms. The lowest BCUT2D eigenvalue weighted by Crippen LogP contribution is -2.48. The highest BCUT2D eigenvalue weighted by molar-refractivity contribution is 5.82. The minimum absolute atomic E-state index is 0.188. The van der Waals surface area contributed by atoms with Crippen LogP contribution in [0.15, 0.2) is 30.3 Å². The Hall–Kier alpha value is -1.35. The van der Waals surface area contributed by atoms with E-state index < -0.39 is 0 Å². The molecule has 0 saturated carbocycles. The van der Waals surface area contributed by atoms with Crippen molar-refractivity contribution in [1.82, 2.24) is 10.6 Å². The first kappa shape index (κ1) is 15.0. The van der Waals surface area contributed by atoms with Crippen molar-refractivity contribution in [3.8, 4) is 0 Å². The number of aryl methyl sites for hydroxylation is 1. The molecule has 1 aromatic rings. The SMILES string of the molecule is CC(CCc1ccccc1)NC(=O)C1(C)CCNCC1. The lowest BCUT2D eigenvalue weighted by atomic mass is 9.80. The van der Waals surface area contributed by atoms with Crippen LogP contribution in [0.5, 0.6) is 0 Å². The van der Waals surface area contributed by atoms with Gasteiger partial charge in [0.25, 0.3) is 0 Å². The van der Waals surface area contributed by atoms with Gasteiger partial charge in [0.1, 0.15) is 0 Å². The molecule has 0 aliphatic carbocycles. The lowest BCUT2D eigenvalue weighted by Gasteiger charge is -2.33. The van der Waals surface area contributed by atoms with Crippen LogP contribution >= 0.6 is 0 Å². The van der Waals surface area contributed by atoms with E-state index in [0.717, 1.165) is 38.8 Å². The van der Waals surface area contributed by atoms with Crippen molar-refractivity contribution in [2.24, 2.45) is 5.41 Å². The fraction of sp³-hybridized carbons (Fsp3) is 0.588. The summed E-state index contributed by atoms with van der Waals surface area (Å²) in [6.45, 7) is 6.09. The Kier molecular flexibility index (Phi) is 5.18. The predicted octanol–water partition coefficient (Wildman–Crippen LogP) is 2.51. The molecule has 1 fully saturated rings. The van der Waals surface area contributed by atoms with Gasteiger partial charge in [-0.15, -0.1) is 0 Å². The van der Waals surface area contributed by atoms with Crippen LogP contribution < -0.4 is 10.6 Å². The highest BCUT2D eigenvalue weighted by Crippen LogP contribution is 2.28. The van der Waals surface area contributed by atoms with Crippen molar-refractivity contribution in [2.75, 3.05) is 13.1 Å². The molecule has 3 heteroatoms. The summed E-state index contributed by atoms with van der Waals surface area (Å²) in [6, 6.07) is 10.7. The molecule has 1 saturated heterocycles. The number of hydrogen-bond donors (Lipinski definition) is 2. The van der Waals surface area contributed by atoms with E-state index in [1.54, 1.807) is 0 Å². The zero-order chi connectivity index (χ0) is 14.4. The molecule has 110 valence electrons. The van der Waals surface area contributed by atoms with Gasteiger partial charge in [-0.05, 0) is 51.3 Å². The summed E-state index contributed by atoms with van der Waals surface area (Å²) < 4.78 is 0. The third-order valence-electron chi connectivity index (χ3n) is 4.34. The third-order valence-corrected chi connectivity index (χ3v) is 4.34. The highest BCUT2D eigenvalue weighted by Gasteiger charge is 2.34. The second-order valence-electron chi connectivity index (χ2n) is 6.21. The molecule has 0 bridgehead atoms. The highest BCUT2D eigenvalue weighted by atomic mass is 16.2. The predicted molar refractivity (Wildman–Crippen MR) is 82.6 cm³/mol. The van der Waals surface area contributed by atoms with Crippen LogP contribution in [0.2, 0.25) is 0 Å². The molecule has 2 rings (SSSR count). The van der Waals surface area contributed by atoms with Crippen LogP contribution in [-0.4, -0.2) is 25.0 Å². The minimum atomic E-state index is -0.188. The average Bonchev–Trinajstić information content (AvgIpc) is 2.47. The molecule has 1 atom stereocenters. The van der Waals surface area contributed by atoms with Gasteiger partial charge in [0.15, 0.2) is 0 Å². The fourth-order valence-electron chi connectivity index (χ4n) is 2.70. The van der Waals surface area contributed by atoms with Gasteiger partial charge >= 0.3 is 0 Å². The number of carbonyl (C=O) groups excluding carboxylic acids is 1. The van der Waals surface area contributed by atoms with Crippen LogP contribution in [0.4, 0.5) is 0 Å². The number of nitrogens with one attached hydrogen (secondary N) is 2. The normalized spacial score (nSPS) is 19.3. The number of hydrogen-bond acceptors (Lipinski definition) is 2. The molecule has 0 spiro atoms. The van der Waals surface area contributed by atoms with Crippen molar-refractivity contribution in [2.45, 2.75) is 45.6 Å². The first-order chi connectivity index (χ1) is 9.60. The molecule has 0 radical (unpaired) electrons. The van der Waals surface area contributed by atoms with Gasteiger partial charge in [0.05, 0.1) is 0 Å². The standard InChI is InChI=1S/C17H26N2O/c1-14(8-9-15-6-4-3-5-7-15)19-16(20)17(2)10-12-18-13-11-17/h3-7,14,18H,8-13H2,1-2H3,(H,19,20). The Morgan fingerprint density at radius 1 is 1.30 bits per heavy atom. The van der Waals surface area contributed by atoms with E-state index in [-0.39, 0.29) is 17.4 Å². The molecule has 3 nitrogen and oxygen atoms in total. The van der Waals surface area contributed by atoms with Crippen molar-refractivity contribution >= 4 is 5.91 Å². The van der Waals surface area contributed by atoms with Gasteiger partial charge in [0, 0.05) is 11.5 Å². The van der Waals surface area contributed by atoms with Crippen LogP contribution in [0.3, 0.4) is 0 Å². The monoisotopic (exact) mass is 274 g/mol. The maximum Gasteiger partial charge on any atom is 0.226 e. The van der Waals surface area contributed by atoms with E-state index in [1.807, 2.05) is 6.07 Å². The van der Waals surface area contributed by atoms with Crippen molar-refractivity contribution in [3.05, 3.63) is 35.9 Å². The number of benzene rings is 1. The Labute approximate surface area is 122 Å². The van der Waals surface area contributed by atoms with Gasteiger partial charge in [-0.1, -0.05) is 37.3 Å². The zero-order valence-corrected chi connectivity index (χ0v) is 12.6. The van der Waals surface area contributed by atoms with Crippen LogP contribution in [0, 0.1) is 5.41 Å². The maximum absolute atomic E-state index is 12.4. The van der Waals surface area contributed by atoms with E-state index in [1.165, 1.54) is 5.56 Å². The molecular weight excluding hydrogens is 248 g/mol. The summed E-state index contributed by atoms with van der Waals surface area (Å²) in [6.07, 6.45) is 3.87. The molecule has 0 aromatic heterocycles. The summed E-state index contributed by atoms with van der Waals surface area (Å²) in [5.74, 6) is 0.222. The van der Waals surface area contributed by atoms with Crippen molar-refractivity contribution < 1.29 is 4.79 Å². The Bertz CT molecular complexity index is 424. The molecule has 1 heterocycles. The summed E-state index contributed by atoms with van der Waals surface area (Å²) in [7, 11) is 0. The van der Waals surface area contributed by atoms with Gasteiger partial charge in [-0.3, -0.25) is 4.79 Å². The Balaban J connectivity index is 1.79. The average molecular weight is 274 g/mol. The van der Waals surface area contributed by atoms with Crippen LogP contribution in [0.25, 0.3) is 0 Å². The van der Waals surface area contributed by atoms with E-state index in [4.69, 9.17) is 0 Å². The van der Waals surface area contributed by atoms with E-state index >= 15 is 0 Å². The summed E-state index contributed by atoms with van der Waals surface area (Å²) in [5, 5.41) is 6.51. The summed E-state index contributed by atoms with van der Waals surface area (Å²) in [5.41, 5.74) is 1.15. The van der Waals surface area contributed by atoms with Crippen molar-refractivity contribution in [1.29, 1.82) is 0 Å². The van der Waals surface area contributed by atoms with Gasteiger partial charge in [-0.25, -0.2) is 0 Å².